The number of amides is 2. The molecule has 1 aliphatic heterocycles. The van der Waals surface area contributed by atoms with Gasteiger partial charge in [-0.05, 0) is 37.5 Å². The molecule has 7 heteroatoms. The summed E-state index contributed by atoms with van der Waals surface area (Å²) in [4.78, 5) is 31.5. The minimum atomic E-state index is -0.640. The maximum Gasteiger partial charge on any atom is 0.315 e. The predicted octanol–water partition coefficient (Wildman–Crippen LogP) is 2.76. The topological polar surface area (TPSA) is 71.5 Å². The monoisotopic (exact) mass is 345 g/mol. The Morgan fingerprint density at radius 2 is 2.25 bits per heavy atom. The van der Waals surface area contributed by atoms with Crippen LogP contribution in [0.5, 0.6) is 5.75 Å². The Labute approximate surface area is 144 Å². The third-order valence-electron chi connectivity index (χ3n) is 4.03. The number of hydrogen-bond acceptors (Lipinski definition) is 5. The number of aryl methyl sites for hydroxylation is 1. The SMILES string of the molecule is COc1cccc([C@H]2CCCN2C(=O)C(=O)Nc2ncc(C)s2)c1. The summed E-state index contributed by atoms with van der Waals surface area (Å²) in [6.07, 6.45) is 3.37. The molecule has 1 aromatic heterocycles. The molecule has 24 heavy (non-hydrogen) atoms. The molecule has 6 nitrogen and oxygen atoms in total. The Morgan fingerprint density at radius 3 is 2.96 bits per heavy atom. The lowest BCUT2D eigenvalue weighted by Crippen LogP contribution is -2.39. The molecule has 1 aromatic carbocycles. The van der Waals surface area contributed by atoms with Crippen LogP contribution in [0, 0.1) is 6.92 Å². The number of ether oxygens (including phenoxy) is 1. The van der Waals surface area contributed by atoms with Gasteiger partial charge in [-0.15, -0.1) is 11.3 Å². The number of anilines is 1. The molecule has 1 atom stereocenters. The van der Waals surface area contributed by atoms with E-state index in [0.29, 0.717) is 11.7 Å². The molecule has 2 heterocycles. The molecule has 2 aromatic rings. The number of nitrogens with one attached hydrogen (secondary N) is 1. The summed E-state index contributed by atoms with van der Waals surface area (Å²) >= 11 is 1.35. The van der Waals surface area contributed by atoms with Crippen molar-refractivity contribution in [1.29, 1.82) is 0 Å². The minimum Gasteiger partial charge on any atom is -0.497 e. The van der Waals surface area contributed by atoms with Crippen molar-refractivity contribution in [3.05, 3.63) is 40.9 Å². The van der Waals surface area contributed by atoms with E-state index in [1.165, 1.54) is 11.3 Å². The lowest BCUT2D eigenvalue weighted by Gasteiger charge is -2.24. The molecule has 0 bridgehead atoms. The van der Waals surface area contributed by atoms with Gasteiger partial charge in [-0.1, -0.05) is 12.1 Å². The number of likely N-dealkylation sites (tertiary alicyclic amines) is 1. The second-order valence-electron chi connectivity index (χ2n) is 5.66. The van der Waals surface area contributed by atoms with Crippen molar-refractivity contribution in [2.24, 2.45) is 0 Å². The van der Waals surface area contributed by atoms with Crippen LogP contribution in [0.1, 0.15) is 29.3 Å². The van der Waals surface area contributed by atoms with E-state index in [4.69, 9.17) is 4.74 Å². The molecule has 0 aliphatic carbocycles. The van der Waals surface area contributed by atoms with Crippen molar-refractivity contribution in [2.75, 3.05) is 19.0 Å². The number of carbonyl (C=O) groups is 2. The largest absolute Gasteiger partial charge is 0.497 e. The fraction of sp³-hybridized carbons (Fsp3) is 0.353. The normalized spacial score (nSPS) is 16.9. The number of methoxy groups -OCH3 is 1. The minimum absolute atomic E-state index is 0.101. The van der Waals surface area contributed by atoms with Crippen LogP contribution in [-0.4, -0.2) is 35.4 Å². The van der Waals surface area contributed by atoms with Gasteiger partial charge in [0.1, 0.15) is 5.75 Å². The van der Waals surface area contributed by atoms with Crippen molar-refractivity contribution in [3.63, 3.8) is 0 Å². The summed E-state index contributed by atoms with van der Waals surface area (Å²) in [6, 6.07) is 7.53. The highest BCUT2D eigenvalue weighted by Gasteiger charge is 2.33. The van der Waals surface area contributed by atoms with Gasteiger partial charge < -0.3 is 9.64 Å². The van der Waals surface area contributed by atoms with Crippen LogP contribution < -0.4 is 10.1 Å². The molecule has 3 rings (SSSR count). The van der Waals surface area contributed by atoms with Crippen molar-refractivity contribution >= 4 is 28.3 Å². The van der Waals surface area contributed by atoms with E-state index < -0.39 is 11.8 Å². The smallest absolute Gasteiger partial charge is 0.315 e. The average Bonchev–Trinajstić information content (AvgIpc) is 3.23. The molecule has 126 valence electrons. The second kappa shape index (κ2) is 7.00. The maximum absolute atomic E-state index is 12.6. The molecule has 0 radical (unpaired) electrons. The quantitative estimate of drug-likeness (QED) is 0.868. The summed E-state index contributed by atoms with van der Waals surface area (Å²) < 4.78 is 5.25. The van der Waals surface area contributed by atoms with Gasteiger partial charge in [0.2, 0.25) is 0 Å². The molecular formula is C17H19N3O3S. The van der Waals surface area contributed by atoms with Crippen LogP contribution in [0.4, 0.5) is 5.13 Å². The van der Waals surface area contributed by atoms with Gasteiger partial charge >= 0.3 is 11.8 Å². The fourth-order valence-electron chi connectivity index (χ4n) is 2.90. The summed E-state index contributed by atoms with van der Waals surface area (Å²) in [6.45, 7) is 2.47. The highest BCUT2D eigenvalue weighted by Crippen LogP contribution is 2.33. The van der Waals surface area contributed by atoms with Gasteiger partial charge in [0, 0.05) is 17.6 Å². The molecule has 1 fully saturated rings. The first kappa shape index (κ1) is 16.4. The first-order valence-electron chi connectivity index (χ1n) is 7.77. The number of benzene rings is 1. The highest BCUT2D eigenvalue weighted by atomic mass is 32.1. The Kier molecular flexibility index (Phi) is 4.80. The third-order valence-corrected chi connectivity index (χ3v) is 4.86. The van der Waals surface area contributed by atoms with Crippen molar-refractivity contribution in [2.45, 2.75) is 25.8 Å². The number of rotatable bonds is 3. The summed E-state index contributed by atoms with van der Waals surface area (Å²) in [5.74, 6) is -0.415. The lowest BCUT2D eigenvalue weighted by molar-refractivity contribution is -0.143. The molecule has 2 amide bonds. The molecule has 1 saturated heterocycles. The van der Waals surface area contributed by atoms with Crippen LogP contribution in [-0.2, 0) is 9.59 Å². The zero-order valence-corrected chi connectivity index (χ0v) is 14.4. The molecule has 0 saturated carbocycles. The van der Waals surface area contributed by atoms with E-state index in [2.05, 4.69) is 10.3 Å². The molecule has 0 unspecified atom stereocenters. The van der Waals surface area contributed by atoms with Gasteiger partial charge in [-0.25, -0.2) is 4.98 Å². The fourth-order valence-corrected chi connectivity index (χ4v) is 3.56. The van der Waals surface area contributed by atoms with Gasteiger partial charge in [0.25, 0.3) is 0 Å². The number of carbonyl (C=O) groups excluding carboxylic acids is 2. The third kappa shape index (κ3) is 3.41. The zero-order valence-electron chi connectivity index (χ0n) is 13.6. The average molecular weight is 345 g/mol. The van der Waals surface area contributed by atoms with Crippen molar-refractivity contribution in [1.82, 2.24) is 9.88 Å². The number of hydrogen-bond donors (Lipinski definition) is 1. The van der Waals surface area contributed by atoms with Crippen LogP contribution in [0.25, 0.3) is 0 Å². The van der Waals surface area contributed by atoms with E-state index in [1.807, 2.05) is 31.2 Å². The molecular weight excluding hydrogens is 326 g/mol. The van der Waals surface area contributed by atoms with E-state index in [9.17, 15) is 9.59 Å². The van der Waals surface area contributed by atoms with E-state index in [-0.39, 0.29) is 6.04 Å². The van der Waals surface area contributed by atoms with E-state index in [1.54, 1.807) is 18.2 Å². The van der Waals surface area contributed by atoms with Crippen molar-refractivity contribution < 1.29 is 14.3 Å². The second-order valence-corrected chi connectivity index (χ2v) is 6.90. The Bertz CT molecular complexity index is 759. The number of nitrogens with zero attached hydrogens (tertiary/aromatic N) is 2. The Morgan fingerprint density at radius 1 is 1.42 bits per heavy atom. The summed E-state index contributed by atoms with van der Waals surface area (Å²) in [5, 5.41) is 3.03. The molecule has 1 aliphatic rings. The first-order valence-corrected chi connectivity index (χ1v) is 8.58. The first-order chi connectivity index (χ1) is 11.6. The number of thiazole rings is 1. The highest BCUT2D eigenvalue weighted by molar-refractivity contribution is 7.15. The summed E-state index contributed by atoms with van der Waals surface area (Å²) in [5.41, 5.74) is 0.984. The van der Waals surface area contributed by atoms with Gasteiger partial charge in [0.15, 0.2) is 5.13 Å². The van der Waals surface area contributed by atoms with Crippen LogP contribution in [0.3, 0.4) is 0 Å². The number of aromatic nitrogens is 1. The van der Waals surface area contributed by atoms with Gasteiger partial charge in [-0.2, -0.15) is 0 Å². The molecule has 1 N–H and O–H groups in total. The van der Waals surface area contributed by atoms with Gasteiger partial charge in [0.05, 0.1) is 13.2 Å². The van der Waals surface area contributed by atoms with Crippen LogP contribution in [0.15, 0.2) is 30.5 Å². The zero-order chi connectivity index (χ0) is 17.1. The maximum atomic E-state index is 12.6. The molecule has 0 spiro atoms. The predicted molar refractivity (Wildman–Crippen MR) is 92.2 cm³/mol. The van der Waals surface area contributed by atoms with Crippen LogP contribution >= 0.6 is 11.3 Å². The summed E-state index contributed by atoms with van der Waals surface area (Å²) in [7, 11) is 1.61. The van der Waals surface area contributed by atoms with E-state index in [0.717, 1.165) is 29.0 Å². The van der Waals surface area contributed by atoms with Crippen molar-refractivity contribution in [3.8, 4) is 5.75 Å². The Hall–Kier alpha value is -2.41. The standard InChI is InChI=1S/C17H19N3O3S/c1-11-10-18-17(24-11)19-15(21)16(22)20-8-4-7-14(20)12-5-3-6-13(9-12)23-2/h3,5-6,9-10,14H,4,7-8H2,1-2H3,(H,18,19,21)/t14-/m1/s1. The Balaban J connectivity index is 1.74. The lowest BCUT2D eigenvalue weighted by atomic mass is 10.0. The van der Waals surface area contributed by atoms with Crippen LogP contribution in [0.2, 0.25) is 0 Å². The van der Waals surface area contributed by atoms with E-state index >= 15 is 0 Å². The van der Waals surface area contributed by atoms with Gasteiger partial charge in [-0.3, -0.25) is 14.9 Å².